The lowest BCUT2D eigenvalue weighted by Gasteiger charge is -2.45. The highest BCUT2D eigenvalue weighted by atomic mass is 35.5. The van der Waals surface area contributed by atoms with E-state index in [1.165, 1.54) is 12.1 Å². The minimum Gasteiger partial charge on any atom is -0.437 e. The Labute approximate surface area is 181 Å². The Balaban J connectivity index is 1.64. The molecule has 164 valence electrons. The molecule has 2 heterocycles. The molecule has 0 saturated heterocycles. The Kier molecular flexibility index (Phi) is 5.42. The summed E-state index contributed by atoms with van der Waals surface area (Å²) in [6.45, 7) is 0. The van der Waals surface area contributed by atoms with E-state index in [9.17, 15) is 13.2 Å². The second kappa shape index (κ2) is 7.92. The van der Waals surface area contributed by atoms with Crippen molar-refractivity contribution in [2.24, 2.45) is 21.5 Å². The van der Waals surface area contributed by atoms with Crippen LogP contribution in [0.4, 0.5) is 18.9 Å². The minimum absolute atomic E-state index is 0.136. The molecule has 2 aromatic rings. The molecule has 1 saturated carbocycles. The number of aromatic nitrogens is 1. The van der Waals surface area contributed by atoms with Gasteiger partial charge in [-0.3, -0.25) is 4.90 Å². The van der Waals surface area contributed by atoms with Crippen molar-refractivity contribution in [3.05, 3.63) is 47.1 Å². The van der Waals surface area contributed by atoms with E-state index in [0.29, 0.717) is 5.69 Å². The first-order valence-electron chi connectivity index (χ1n) is 9.69. The normalized spacial score (nSPS) is 18.5. The number of nitrogens with zero attached hydrogens (tertiary/aromatic N) is 4. The lowest BCUT2D eigenvalue weighted by molar-refractivity contribution is -0.141. The first-order chi connectivity index (χ1) is 14.7. The number of guanidine groups is 2. The molecule has 4 rings (SSSR count). The van der Waals surface area contributed by atoms with E-state index in [0.717, 1.165) is 38.2 Å². The summed E-state index contributed by atoms with van der Waals surface area (Å²) in [5, 5.41) is 0.179. The Bertz CT molecular complexity index is 1050. The largest absolute Gasteiger partial charge is 0.437 e. The van der Waals surface area contributed by atoms with Gasteiger partial charge in [0.15, 0.2) is 0 Å². The smallest absolute Gasteiger partial charge is 0.433 e. The van der Waals surface area contributed by atoms with Gasteiger partial charge in [0, 0.05) is 11.8 Å². The van der Waals surface area contributed by atoms with Crippen LogP contribution in [0, 0.1) is 0 Å². The number of rotatable bonds is 3. The second-order valence-corrected chi connectivity index (χ2v) is 7.80. The molecule has 2 aliphatic rings. The Hall–Kier alpha value is -3.01. The van der Waals surface area contributed by atoms with Crippen molar-refractivity contribution in [3.8, 4) is 11.6 Å². The molecule has 0 radical (unpaired) electrons. The van der Waals surface area contributed by atoms with Crippen molar-refractivity contribution in [1.29, 1.82) is 0 Å². The molecule has 0 unspecified atom stereocenters. The van der Waals surface area contributed by atoms with E-state index in [2.05, 4.69) is 15.0 Å². The summed E-state index contributed by atoms with van der Waals surface area (Å²) < 4.78 is 44.2. The van der Waals surface area contributed by atoms with Crippen molar-refractivity contribution >= 4 is 29.2 Å². The first-order valence-corrected chi connectivity index (χ1v) is 10.1. The van der Waals surface area contributed by atoms with Gasteiger partial charge in [0.25, 0.3) is 0 Å². The number of ether oxygens (including phenoxy) is 1. The summed E-state index contributed by atoms with van der Waals surface area (Å²) in [4.78, 5) is 14.0. The summed E-state index contributed by atoms with van der Waals surface area (Å²) in [6, 6.07) is 8.26. The monoisotopic (exact) mass is 452 g/mol. The van der Waals surface area contributed by atoms with Crippen molar-refractivity contribution in [2.75, 3.05) is 4.90 Å². The molecule has 7 nitrogen and oxygen atoms in total. The number of hydrogen-bond acceptors (Lipinski definition) is 7. The van der Waals surface area contributed by atoms with Crippen LogP contribution in [-0.2, 0) is 6.18 Å². The van der Waals surface area contributed by atoms with Gasteiger partial charge >= 0.3 is 6.18 Å². The van der Waals surface area contributed by atoms with Gasteiger partial charge in [-0.05, 0) is 49.9 Å². The number of hydrogen-bond donors (Lipinski definition) is 2. The zero-order valence-corrected chi connectivity index (χ0v) is 17.1. The van der Waals surface area contributed by atoms with Gasteiger partial charge in [-0.15, -0.1) is 0 Å². The van der Waals surface area contributed by atoms with Crippen LogP contribution in [0.2, 0.25) is 5.02 Å². The third kappa shape index (κ3) is 4.25. The van der Waals surface area contributed by atoms with Gasteiger partial charge in [0.05, 0.1) is 5.02 Å². The van der Waals surface area contributed by atoms with Gasteiger partial charge in [-0.1, -0.05) is 24.1 Å². The Morgan fingerprint density at radius 1 is 1.06 bits per heavy atom. The maximum absolute atomic E-state index is 12.9. The summed E-state index contributed by atoms with van der Waals surface area (Å²) in [6.07, 6.45) is -0.0241. The minimum atomic E-state index is -4.57. The quantitative estimate of drug-likeness (QED) is 0.705. The maximum atomic E-state index is 12.9. The highest BCUT2D eigenvalue weighted by molar-refractivity contribution is 6.32. The van der Waals surface area contributed by atoms with Crippen LogP contribution >= 0.6 is 11.6 Å². The molecule has 1 fully saturated rings. The summed E-state index contributed by atoms with van der Waals surface area (Å²) in [5.74, 6) is 0.283. The maximum Gasteiger partial charge on any atom is 0.433 e. The lowest BCUT2D eigenvalue weighted by atomic mass is 9.87. The van der Waals surface area contributed by atoms with Crippen LogP contribution < -0.4 is 21.1 Å². The first kappa shape index (κ1) is 21.2. The fourth-order valence-electron chi connectivity index (χ4n) is 3.95. The van der Waals surface area contributed by atoms with Gasteiger partial charge < -0.3 is 16.2 Å². The summed E-state index contributed by atoms with van der Waals surface area (Å²) >= 11 is 6.39. The molecule has 4 N–H and O–H groups in total. The molecule has 1 aromatic heterocycles. The van der Waals surface area contributed by atoms with Crippen LogP contribution in [0.15, 0.2) is 46.4 Å². The molecule has 0 atom stereocenters. The number of halogens is 4. The summed E-state index contributed by atoms with van der Waals surface area (Å²) in [7, 11) is 0. The van der Waals surface area contributed by atoms with Crippen molar-refractivity contribution < 1.29 is 17.9 Å². The molecule has 31 heavy (non-hydrogen) atoms. The predicted octanol–water partition coefficient (Wildman–Crippen LogP) is 4.66. The predicted molar refractivity (Wildman–Crippen MR) is 112 cm³/mol. The van der Waals surface area contributed by atoms with Crippen LogP contribution in [0.5, 0.6) is 11.6 Å². The van der Waals surface area contributed by atoms with E-state index in [-0.39, 0.29) is 28.6 Å². The van der Waals surface area contributed by atoms with Crippen molar-refractivity contribution in [2.45, 2.75) is 43.9 Å². The number of anilines is 1. The van der Waals surface area contributed by atoms with Gasteiger partial charge in [0.1, 0.15) is 17.1 Å². The van der Waals surface area contributed by atoms with Crippen LogP contribution in [0.1, 0.15) is 37.8 Å². The third-order valence-electron chi connectivity index (χ3n) is 5.25. The van der Waals surface area contributed by atoms with E-state index in [1.54, 1.807) is 23.1 Å². The number of benzene rings is 1. The zero-order valence-electron chi connectivity index (χ0n) is 16.4. The fourth-order valence-corrected chi connectivity index (χ4v) is 4.16. The van der Waals surface area contributed by atoms with Crippen LogP contribution in [0.3, 0.4) is 0 Å². The fraction of sp³-hybridized carbons (Fsp3) is 0.350. The lowest BCUT2D eigenvalue weighted by Crippen LogP contribution is -2.58. The van der Waals surface area contributed by atoms with Crippen LogP contribution in [0.25, 0.3) is 0 Å². The molecule has 11 heteroatoms. The van der Waals surface area contributed by atoms with Gasteiger partial charge in [0.2, 0.25) is 17.8 Å². The van der Waals surface area contributed by atoms with Gasteiger partial charge in [-0.25, -0.2) is 9.98 Å². The van der Waals surface area contributed by atoms with Gasteiger partial charge in [-0.2, -0.15) is 18.2 Å². The van der Waals surface area contributed by atoms with E-state index < -0.39 is 17.5 Å². The molecule has 0 amide bonds. The Morgan fingerprint density at radius 3 is 2.48 bits per heavy atom. The number of aliphatic imine (C=N–C) groups is 2. The standard InChI is InChI=1S/C20H20ClF3N6O/c21-13-11-12(30-18(26)28-17(25)29-19(30)9-2-1-3-10-19)7-8-14(13)31-16-6-4-5-15(27-16)20(22,23)24/h4-8,11H,1-3,9-10H2,(H4,25,26,28,29). The molecule has 1 aliphatic heterocycles. The van der Waals surface area contributed by atoms with Crippen LogP contribution in [-0.4, -0.2) is 22.6 Å². The molecule has 1 aromatic carbocycles. The van der Waals surface area contributed by atoms with Crippen molar-refractivity contribution in [1.82, 2.24) is 4.98 Å². The Morgan fingerprint density at radius 2 is 1.81 bits per heavy atom. The average Bonchev–Trinajstić information content (AvgIpc) is 2.69. The third-order valence-corrected chi connectivity index (χ3v) is 5.55. The van der Waals surface area contributed by atoms with E-state index >= 15 is 0 Å². The molecular weight excluding hydrogens is 433 g/mol. The number of pyridine rings is 1. The molecule has 1 spiro atoms. The van der Waals surface area contributed by atoms with E-state index in [1.807, 2.05) is 0 Å². The molecular formula is C20H20ClF3N6O. The van der Waals surface area contributed by atoms with E-state index in [4.69, 9.17) is 27.8 Å². The number of alkyl halides is 3. The number of nitrogens with two attached hydrogens (primary N) is 2. The topological polar surface area (TPSA) is 102 Å². The summed E-state index contributed by atoms with van der Waals surface area (Å²) in [5.41, 5.74) is 11.0. The SMILES string of the molecule is NC1=NC2(CCCCC2)N(c2ccc(Oc3cccc(C(F)(F)F)n3)c(Cl)c2)C(N)=N1. The molecule has 0 bridgehead atoms. The molecule has 1 aliphatic carbocycles. The highest BCUT2D eigenvalue weighted by Crippen LogP contribution is 2.41. The highest BCUT2D eigenvalue weighted by Gasteiger charge is 2.42. The van der Waals surface area contributed by atoms with Crippen molar-refractivity contribution in [3.63, 3.8) is 0 Å². The zero-order chi connectivity index (χ0) is 22.2. The average molecular weight is 453 g/mol. The second-order valence-electron chi connectivity index (χ2n) is 7.39.